The van der Waals surface area contributed by atoms with Crippen LogP contribution in [0, 0.1) is 0 Å². The first-order valence-electron chi connectivity index (χ1n) is 5.75. The Kier molecular flexibility index (Phi) is 4.97. The Morgan fingerprint density at radius 2 is 1.78 bits per heavy atom. The van der Waals surface area contributed by atoms with Gasteiger partial charge in [-0.1, -0.05) is 6.92 Å². The molecule has 0 saturated carbocycles. The number of benzene rings is 1. The fourth-order valence-electron chi connectivity index (χ4n) is 1.78. The van der Waals surface area contributed by atoms with Crippen molar-refractivity contribution in [1.29, 1.82) is 0 Å². The van der Waals surface area contributed by atoms with E-state index in [-0.39, 0.29) is 6.42 Å². The van der Waals surface area contributed by atoms with Crippen molar-refractivity contribution in [2.75, 3.05) is 14.2 Å². The van der Waals surface area contributed by atoms with E-state index in [1.807, 2.05) is 13.0 Å². The van der Waals surface area contributed by atoms with Crippen molar-refractivity contribution < 1.29 is 19.4 Å². The van der Waals surface area contributed by atoms with Crippen LogP contribution >= 0.6 is 0 Å². The highest BCUT2D eigenvalue weighted by Gasteiger charge is 2.17. The molecule has 0 radical (unpaired) electrons. The normalized spacial score (nSPS) is 12.0. The van der Waals surface area contributed by atoms with E-state index in [1.165, 1.54) is 0 Å². The fraction of sp³-hybridized carbons (Fsp3) is 0.462. The molecule has 0 aliphatic heterocycles. The molecule has 0 heterocycles. The first-order chi connectivity index (χ1) is 8.53. The van der Waals surface area contributed by atoms with Crippen LogP contribution < -0.4 is 15.2 Å². The number of aliphatic carboxylic acids is 1. The highest BCUT2D eigenvalue weighted by atomic mass is 16.5. The molecule has 0 unspecified atom stereocenters. The van der Waals surface area contributed by atoms with E-state index < -0.39 is 12.0 Å². The molecule has 0 saturated heterocycles. The van der Waals surface area contributed by atoms with Gasteiger partial charge >= 0.3 is 5.97 Å². The van der Waals surface area contributed by atoms with Gasteiger partial charge in [0.25, 0.3) is 0 Å². The Morgan fingerprint density at radius 1 is 1.28 bits per heavy atom. The van der Waals surface area contributed by atoms with Gasteiger partial charge in [0, 0.05) is 6.42 Å². The van der Waals surface area contributed by atoms with Crippen LogP contribution in [0.15, 0.2) is 12.1 Å². The zero-order valence-corrected chi connectivity index (χ0v) is 10.9. The predicted molar refractivity (Wildman–Crippen MR) is 68.2 cm³/mol. The summed E-state index contributed by atoms with van der Waals surface area (Å²) in [7, 11) is 3.14. The van der Waals surface area contributed by atoms with Gasteiger partial charge in [0.05, 0.1) is 14.2 Å². The van der Waals surface area contributed by atoms with Crippen LogP contribution in [-0.4, -0.2) is 31.3 Å². The second-order valence-corrected chi connectivity index (χ2v) is 3.98. The van der Waals surface area contributed by atoms with Crippen molar-refractivity contribution in [3.05, 3.63) is 23.3 Å². The number of methoxy groups -OCH3 is 2. The number of hydrogen-bond acceptors (Lipinski definition) is 4. The molecule has 3 N–H and O–H groups in total. The smallest absolute Gasteiger partial charge is 0.320 e. The Bertz CT molecular complexity index is 431. The number of ether oxygens (including phenoxy) is 2. The fourth-order valence-corrected chi connectivity index (χ4v) is 1.78. The summed E-state index contributed by atoms with van der Waals surface area (Å²) in [5, 5.41) is 8.84. The zero-order chi connectivity index (χ0) is 13.7. The monoisotopic (exact) mass is 253 g/mol. The molecule has 0 amide bonds. The minimum Gasteiger partial charge on any atom is -0.496 e. The van der Waals surface area contributed by atoms with Crippen LogP contribution in [0.1, 0.15) is 18.1 Å². The van der Waals surface area contributed by atoms with E-state index in [1.54, 1.807) is 20.3 Å². The van der Waals surface area contributed by atoms with Gasteiger partial charge < -0.3 is 20.3 Å². The van der Waals surface area contributed by atoms with Gasteiger partial charge in [-0.2, -0.15) is 0 Å². The third-order valence-corrected chi connectivity index (χ3v) is 2.82. The molecule has 0 bridgehead atoms. The molecular formula is C13H19NO4. The minimum atomic E-state index is -1.03. The van der Waals surface area contributed by atoms with E-state index in [0.29, 0.717) is 5.75 Å². The van der Waals surface area contributed by atoms with Gasteiger partial charge in [-0.25, -0.2) is 0 Å². The van der Waals surface area contributed by atoms with E-state index in [4.69, 9.17) is 20.3 Å². The zero-order valence-electron chi connectivity index (χ0n) is 10.9. The second kappa shape index (κ2) is 6.26. The molecule has 1 rings (SSSR count). The third kappa shape index (κ3) is 3.13. The summed E-state index contributed by atoms with van der Waals surface area (Å²) in [4.78, 5) is 10.8. The van der Waals surface area contributed by atoms with E-state index in [2.05, 4.69) is 0 Å². The van der Waals surface area contributed by atoms with Crippen molar-refractivity contribution in [2.24, 2.45) is 5.73 Å². The number of aryl methyl sites for hydroxylation is 1. The molecule has 0 fully saturated rings. The summed E-state index contributed by atoms with van der Waals surface area (Å²) in [6.45, 7) is 2.01. The molecule has 5 heteroatoms. The van der Waals surface area contributed by atoms with Crippen molar-refractivity contribution in [1.82, 2.24) is 0 Å². The minimum absolute atomic E-state index is 0.207. The lowest BCUT2D eigenvalue weighted by atomic mass is 10.0. The molecule has 0 aromatic heterocycles. The molecule has 0 spiro atoms. The molecule has 1 atom stereocenters. The van der Waals surface area contributed by atoms with Crippen LogP contribution in [0.5, 0.6) is 11.5 Å². The maximum Gasteiger partial charge on any atom is 0.320 e. The highest BCUT2D eigenvalue weighted by molar-refractivity contribution is 5.73. The van der Waals surface area contributed by atoms with Crippen LogP contribution in [0.2, 0.25) is 0 Å². The molecule has 0 aliphatic rings. The highest BCUT2D eigenvalue weighted by Crippen LogP contribution is 2.29. The van der Waals surface area contributed by atoms with Gasteiger partial charge in [0.2, 0.25) is 0 Å². The van der Waals surface area contributed by atoms with Crippen LogP contribution in [0.3, 0.4) is 0 Å². The molecule has 5 nitrogen and oxygen atoms in total. The van der Waals surface area contributed by atoms with Crippen molar-refractivity contribution in [2.45, 2.75) is 25.8 Å². The van der Waals surface area contributed by atoms with Gasteiger partial charge in [-0.15, -0.1) is 0 Å². The molecule has 100 valence electrons. The number of carboxylic acids is 1. The number of nitrogens with two attached hydrogens (primary N) is 1. The summed E-state index contributed by atoms with van der Waals surface area (Å²) in [5.74, 6) is 0.339. The summed E-state index contributed by atoms with van der Waals surface area (Å²) in [5.41, 5.74) is 7.29. The topological polar surface area (TPSA) is 81.8 Å². The molecular weight excluding hydrogens is 234 g/mol. The standard InChI is InChI=1S/C13H19NO4/c1-4-8-6-12(18-3)9(7-11(8)17-2)5-10(14)13(15)16/h6-7,10H,4-5,14H2,1-3H3,(H,15,16)/t10-/m0/s1. The van der Waals surface area contributed by atoms with Crippen LogP contribution in [-0.2, 0) is 17.6 Å². The first kappa shape index (κ1) is 14.3. The maximum atomic E-state index is 10.8. The predicted octanol–water partition coefficient (Wildman–Crippen LogP) is 1.22. The average Bonchev–Trinajstić information content (AvgIpc) is 2.37. The van der Waals surface area contributed by atoms with Crippen LogP contribution in [0.25, 0.3) is 0 Å². The Balaban J connectivity index is 3.13. The van der Waals surface area contributed by atoms with Gasteiger partial charge in [-0.3, -0.25) is 4.79 Å². The second-order valence-electron chi connectivity index (χ2n) is 3.98. The third-order valence-electron chi connectivity index (χ3n) is 2.82. The number of carbonyl (C=O) groups is 1. The summed E-state index contributed by atoms with van der Waals surface area (Å²) < 4.78 is 10.5. The number of hydrogen-bond donors (Lipinski definition) is 2. The first-order valence-corrected chi connectivity index (χ1v) is 5.75. The van der Waals surface area contributed by atoms with Gasteiger partial charge in [0.1, 0.15) is 17.5 Å². The lowest BCUT2D eigenvalue weighted by molar-refractivity contribution is -0.138. The van der Waals surface area contributed by atoms with Crippen LogP contribution in [0.4, 0.5) is 0 Å². The lowest BCUT2D eigenvalue weighted by Crippen LogP contribution is -2.32. The van der Waals surface area contributed by atoms with Crippen molar-refractivity contribution >= 4 is 5.97 Å². The van der Waals surface area contributed by atoms with Gasteiger partial charge in [0.15, 0.2) is 0 Å². The Morgan fingerprint density at radius 3 is 2.22 bits per heavy atom. The largest absolute Gasteiger partial charge is 0.496 e. The Labute approximate surface area is 107 Å². The summed E-state index contributed by atoms with van der Waals surface area (Å²) in [6, 6.07) is 2.71. The SMILES string of the molecule is CCc1cc(OC)c(C[C@H](N)C(=O)O)cc1OC. The van der Waals surface area contributed by atoms with E-state index in [0.717, 1.165) is 23.3 Å². The van der Waals surface area contributed by atoms with E-state index in [9.17, 15) is 4.79 Å². The molecule has 18 heavy (non-hydrogen) atoms. The van der Waals surface area contributed by atoms with E-state index >= 15 is 0 Å². The number of carboxylic acid groups (broad SMARTS) is 1. The lowest BCUT2D eigenvalue weighted by Gasteiger charge is -2.15. The summed E-state index contributed by atoms with van der Waals surface area (Å²) in [6.07, 6.45) is 1.02. The van der Waals surface area contributed by atoms with Crippen molar-refractivity contribution in [3.8, 4) is 11.5 Å². The molecule has 0 aliphatic carbocycles. The molecule has 1 aromatic carbocycles. The molecule has 1 aromatic rings. The van der Waals surface area contributed by atoms with Crippen molar-refractivity contribution in [3.63, 3.8) is 0 Å². The van der Waals surface area contributed by atoms with Gasteiger partial charge in [-0.05, 0) is 29.7 Å². The maximum absolute atomic E-state index is 10.8. The summed E-state index contributed by atoms with van der Waals surface area (Å²) >= 11 is 0. The Hall–Kier alpha value is -1.75. The number of rotatable bonds is 6. The average molecular weight is 253 g/mol. The quantitative estimate of drug-likeness (QED) is 0.796.